The van der Waals surface area contributed by atoms with Gasteiger partial charge in [-0.15, -0.1) is 0 Å². The summed E-state index contributed by atoms with van der Waals surface area (Å²) in [5.41, 5.74) is 1.33. The summed E-state index contributed by atoms with van der Waals surface area (Å²) in [5.74, 6) is 0.930. The third kappa shape index (κ3) is 7.85. The molecular formula is C28H39FN2O4S2. The Hall–Kier alpha value is -1.81. The van der Waals surface area contributed by atoms with E-state index >= 15 is 0 Å². The van der Waals surface area contributed by atoms with Crippen LogP contribution in [-0.2, 0) is 19.9 Å². The van der Waals surface area contributed by atoms with Gasteiger partial charge in [0.25, 0.3) is 0 Å². The van der Waals surface area contributed by atoms with E-state index in [4.69, 9.17) is 0 Å². The smallest absolute Gasteiger partial charge is 0.211 e. The maximum Gasteiger partial charge on any atom is 0.211 e. The number of halogens is 1. The van der Waals surface area contributed by atoms with E-state index < -0.39 is 25.7 Å². The highest BCUT2D eigenvalue weighted by atomic mass is 32.2. The van der Waals surface area contributed by atoms with Crippen LogP contribution >= 0.6 is 0 Å². The molecule has 0 spiro atoms. The quantitative estimate of drug-likeness (QED) is 0.406. The Morgan fingerprint density at radius 3 is 2.08 bits per heavy atom. The fourth-order valence-electron chi connectivity index (χ4n) is 5.89. The molecule has 4 rings (SSSR count). The molecule has 0 N–H and O–H groups in total. The molecule has 2 aromatic carbocycles. The van der Waals surface area contributed by atoms with Crippen molar-refractivity contribution >= 4 is 19.9 Å². The van der Waals surface area contributed by atoms with Crippen molar-refractivity contribution in [1.29, 1.82) is 0 Å². The molecule has 0 saturated carbocycles. The third-order valence-electron chi connectivity index (χ3n) is 8.20. The van der Waals surface area contributed by atoms with Gasteiger partial charge in [-0.05, 0) is 106 Å². The molecule has 204 valence electrons. The number of piperidine rings is 2. The van der Waals surface area contributed by atoms with Gasteiger partial charge >= 0.3 is 0 Å². The molecule has 2 aromatic rings. The van der Waals surface area contributed by atoms with Crippen molar-refractivity contribution in [2.24, 2.45) is 11.8 Å². The van der Waals surface area contributed by atoms with Crippen LogP contribution in [0.5, 0.6) is 0 Å². The van der Waals surface area contributed by atoms with Gasteiger partial charge in [-0.1, -0.05) is 30.3 Å². The Morgan fingerprint density at radius 1 is 0.865 bits per heavy atom. The van der Waals surface area contributed by atoms with Gasteiger partial charge in [-0.2, -0.15) is 0 Å². The Labute approximate surface area is 221 Å². The van der Waals surface area contributed by atoms with Crippen LogP contribution < -0.4 is 0 Å². The number of hydrogen-bond acceptors (Lipinski definition) is 5. The Kier molecular flexibility index (Phi) is 9.43. The molecule has 0 amide bonds. The summed E-state index contributed by atoms with van der Waals surface area (Å²) >= 11 is 0. The topological polar surface area (TPSA) is 74.8 Å². The number of nitrogens with zero attached hydrogens (tertiary/aromatic N) is 2. The maximum absolute atomic E-state index is 13.1. The van der Waals surface area contributed by atoms with Gasteiger partial charge in [0.15, 0.2) is 9.84 Å². The highest BCUT2D eigenvalue weighted by Gasteiger charge is 2.31. The van der Waals surface area contributed by atoms with Gasteiger partial charge in [0.05, 0.1) is 16.9 Å². The average Bonchev–Trinajstić information content (AvgIpc) is 2.89. The summed E-state index contributed by atoms with van der Waals surface area (Å²) < 4.78 is 63.9. The molecule has 2 fully saturated rings. The summed E-state index contributed by atoms with van der Waals surface area (Å²) in [6, 6.07) is 15.7. The van der Waals surface area contributed by atoms with Crippen LogP contribution in [0.3, 0.4) is 0 Å². The average molecular weight is 551 g/mol. The van der Waals surface area contributed by atoms with Crippen molar-refractivity contribution in [3.8, 4) is 0 Å². The zero-order valence-corrected chi connectivity index (χ0v) is 23.3. The molecule has 0 aromatic heterocycles. The number of benzene rings is 2. The van der Waals surface area contributed by atoms with E-state index in [1.54, 1.807) is 4.31 Å². The van der Waals surface area contributed by atoms with Crippen LogP contribution in [0.4, 0.5) is 4.39 Å². The molecule has 2 saturated heterocycles. The first-order valence-electron chi connectivity index (χ1n) is 13.3. The molecule has 2 aliphatic heterocycles. The Balaban J connectivity index is 1.27. The van der Waals surface area contributed by atoms with Crippen molar-refractivity contribution in [1.82, 2.24) is 9.21 Å². The fraction of sp³-hybridized carbons (Fsp3) is 0.571. The van der Waals surface area contributed by atoms with Crippen molar-refractivity contribution in [3.05, 3.63) is 66.0 Å². The lowest BCUT2D eigenvalue weighted by Gasteiger charge is -2.37. The monoisotopic (exact) mass is 550 g/mol. The lowest BCUT2D eigenvalue weighted by Crippen LogP contribution is -2.40. The van der Waals surface area contributed by atoms with Gasteiger partial charge in [-0.3, -0.25) is 0 Å². The second kappa shape index (κ2) is 12.4. The van der Waals surface area contributed by atoms with E-state index in [1.165, 1.54) is 36.1 Å². The molecular weight excluding hydrogens is 511 g/mol. The van der Waals surface area contributed by atoms with Crippen LogP contribution in [0.2, 0.25) is 0 Å². The van der Waals surface area contributed by atoms with Gasteiger partial charge in [0.1, 0.15) is 5.82 Å². The summed E-state index contributed by atoms with van der Waals surface area (Å²) in [4.78, 5) is 2.69. The van der Waals surface area contributed by atoms with Crippen LogP contribution in [0.15, 0.2) is 59.5 Å². The maximum atomic E-state index is 13.1. The van der Waals surface area contributed by atoms with Crippen LogP contribution in [0.1, 0.15) is 50.0 Å². The molecule has 0 radical (unpaired) electrons. The van der Waals surface area contributed by atoms with E-state index in [1.807, 2.05) is 6.07 Å². The number of likely N-dealkylation sites (tertiary alicyclic amines) is 1. The van der Waals surface area contributed by atoms with Crippen molar-refractivity contribution in [3.63, 3.8) is 0 Å². The second-order valence-electron chi connectivity index (χ2n) is 10.7. The Bertz CT molecular complexity index is 1200. The molecule has 2 aliphatic rings. The van der Waals surface area contributed by atoms with Gasteiger partial charge in [-0.25, -0.2) is 25.5 Å². The summed E-state index contributed by atoms with van der Waals surface area (Å²) in [5, 5.41) is 0. The minimum absolute atomic E-state index is 0.103. The number of sulfone groups is 1. The van der Waals surface area contributed by atoms with E-state index in [2.05, 4.69) is 29.2 Å². The minimum Gasteiger partial charge on any atom is -0.303 e. The van der Waals surface area contributed by atoms with E-state index in [9.17, 15) is 21.2 Å². The minimum atomic E-state index is -3.39. The van der Waals surface area contributed by atoms with E-state index in [-0.39, 0.29) is 10.6 Å². The molecule has 0 aliphatic carbocycles. The van der Waals surface area contributed by atoms with Crippen molar-refractivity contribution in [2.75, 3.05) is 44.7 Å². The van der Waals surface area contributed by atoms with Gasteiger partial charge in [0, 0.05) is 13.1 Å². The van der Waals surface area contributed by atoms with E-state index in [0.717, 1.165) is 51.7 Å². The normalized spacial score (nSPS) is 20.2. The zero-order chi connectivity index (χ0) is 26.5. The first-order valence-corrected chi connectivity index (χ1v) is 16.8. The predicted octanol–water partition coefficient (Wildman–Crippen LogP) is 4.55. The number of hydrogen-bond donors (Lipinski definition) is 0. The van der Waals surface area contributed by atoms with Crippen molar-refractivity contribution < 1.29 is 21.2 Å². The molecule has 2 heterocycles. The first-order chi connectivity index (χ1) is 17.6. The number of sulfonamides is 1. The van der Waals surface area contributed by atoms with Crippen LogP contribution in [0.25, 0.3) is 0 Å². The first kappa shape index (κ1) is 28.2. The summed E-state index contributed by atoms with van der Waals surface area (Å²) in [6.07, 6.45) is 6.72. The molecule has 1 unspecified atom stereocenters. The third-order valence-corrected chi connectivity index (χ3v) is 11.3. The molecule has 37 heavy (non-hydrogen) atoms. The van der Waals surface area contributed by atoms with Crippen molar-refractivity contribution in [2.45, 2.75) is 49.3 Å². The van der Waals surface area contributed by atoms with Gasteiger partial charge in [0.2, 0.25) is 10.0 Å². The lowest BCUT2D eigenvalue weighted by molar-refractivity contribution is 0.164. The largest absolute Gasteiger partial charge is 0.303 e. The standard InChI is InChI=1S/C28H39FN2O4S2/c1-36(32,33)31-20-13-25(14-21-31)28(24-5-3-2-4-6-24)15-19-30-17-11-23(12-18-30)16-22-37(34,35)27-9-7-26(29)8-10-27/h2-10,23,25,28H,11-22H2,1H3. The summed E-state index contributed by atoms with van der Waals surface area (Å²) in [7, 11) is -6.52. The van der Waals surface area contributed by atoms with Gasteiger partial charge < -0.3 is 4.90 Å². The molecule has 9 heteroatoms. The lowest BCUT2D eigenvalue weighted by atomic mass is 9.78. The summed E-state index contributed by atoms with van der Waals surface area (Å²) in [6.45, 7) is 4.12. The highest BCUT2D eigenvalue weighted by molar-refractivity contribution is 7.91. The van der Waals surface area contributed by atoms with E-state index in [0.29, 0.717) is 37.3 Å². The zero-order valence-electron chi connectivity index (χ0n) is 21.6. The SMILES string of the molecule is CS(=O)(=O)N1CCC(C(CCN2CCC(CCS(=O)(=O)c3ccc(F)cc3)CC2)c2ccccc2)CC1. The number of rotatable bonds is 10. The van der Waals surface area contributed by atoms with Crippen LogP contribution in [-0.4, -0.2) is 70.8 Å². The highest BCUT2D eigenvalue weighted by Crippen LogP contribution is 2.36. The van der Waals surface area contributed by atoms with Crippen LogP contribution in [0, 0.1) is 17.7 Å². The molecule has 1 atom stereocenters. The molecule has 0 bridgehead atoms. The second-order valence-corrected chi connectivity index (χ2v) is 14.7. The molecule has 6 nitrogen and oxygen atoms in total. The fourth-order valence-corrected chi connectivity index (χ4v) is 8.19. The predicted molar refractivity (Wildman–Crippen MR) is 145 cm³/mol. The Morgan fingerprint density at radius 2 is 1.49 bits per heavy atom.